The molecule has 6 nitrogen and oxygen atoms in total. The molecule has 4 aromatic rings. The molecule has 0 saturated heterocycles. The molecule has 7 heteroatoms. The minimum Gasteiger partial charge on any atom is -0.322 e. The number of aromatic amines is 1. The van der Waals surface area contributed by atoms with Crippen LogP contribution in [0.25, 0.3) is 11.0 Å². The van der Waals surface area contributed by atoms with Crippen molar-refractivity contribution in [2.75, 3.05) is 5.32 Å². The summed E-state index contributed by atoms with van der Waals surface area (Å²) >= 11 is 1.61. The quantitative estimate of drug-likeness (QED) is 0.416. The van der Waals surface area contributed by atoms with E-state index in [-0.39, 0.29) is 5.91 Å². The van der Waals surface area contributed by atoms with E-state index in [1.165, 1.54) is 6.33 Å². The largest absolute Gasteiger partial charge is 0.322 e. The first-order chi connectivity index (χ1) is 12.8. The van der Waals surface area contributed by atoms with E-state index in [4.69, 9.17) is 0 Å². The highest BCUT2D eigenvalue weighted by atomic mass is 32.2. The third kappa shape index (κ3) is 3.57. The molecule has 0 atom stereocenters. The Kier molecular flexibility index (Phi) is 4.61. The van der Waals surface area contributed by atoms with Crippen LogP contribution in [-0.2, 0) is 5.75 Å². The average molecular weight is 361 g/mol. The van der Waals surface area contributed by atoms with Gasteiger partial charge in [0.25, 0.3) is 5.91 Å². The minimum atomic E-state index is -0.119. The lowest BCUT2D eigenvalue weighted by molar-refractivity contribution is 0.102. The number of thioether (sulfide) groups is 1. The maximum absolute atomic E-state index is 12.3. The van der Waals surface area contributed by atoms with Gasteiger partial charge >= 0.3 is 0 Å². The summed E-state index contributed by atoms with van der Waals surface area (Å²) < 4.78 is 0. The normalized spacial score (nSPS) is 10.8. The van der Waals surface area contributed by atoms with Gasteiger partial charge in [-0.15, -0.1) is 11.8 Å². The highest BCUT2D eigenvalue weighted by Gasteiger charge is 2.08. The highest BCUT2D eigenvalue weighted by molar-refractivity contribution is 7.98. The van der Waals surface area contributed by atoms with Crippen LogP contribution in [-0.4, -0.2) is 26.1 Å². The summed E-state index contributed by atoms with van der Waals surface area (Å²) in [7, 11) is 0. The lowest BCUT2D eigenvalue weighted by atomic mass is 10.2. The zero-order valence-corrected chi connectivity index (χ0v) is 14.5. The van der Waals surface area contributed by atoms with Gasteiger partial charge in [0.2, 0.25) is 0 Å². The number of anilines is 1. The highest BCUT2D eigenvalue weighted by Crippen LogP contribution is 2.27. The number of fused-ring (bicyclic) bond motifs is 1. The first-order valence-corrected chi connectivity index (χ1v) is 9.00. The van der Waals surface area contributed by atoms with Crippen molar-refractivity contribution in [2.45, 2.75) is 10.8 Å². The van der Waals surface area contributed by atoms with Crippen molar-refractivity contribution in [3.8, 4) is 0 Å². The molecular weight excluding hydrogens is 346 g/mol. The monoisotopic (exact) mass is 361 g/mol. The third-order valence-electron chi connectivity index (χ3n) is 3.81. The minimum absolute atomic E-state index is 0.119. The fourth-order valence-corrected chi connectivity index (χ4v) is 3.45. The van der Waals surface area contributed by atoms with Gasteiger partial charge in [0.15, 0.2) is 5.65 Å². The number of hydrogen-bond acceptors (Lipinski definition) is 5. The Hall–Kier alpha value is -3.19. The number of rotatable bonds is 5. The third-order valence-corrected chi connectivity index (χ3v) is 4.88. The lowest BCUT2D eigenvalue weighted by Gasteiger charge is -2.08. The number of H-pyrrole nitrogens is 1. The number of aromatic nitrogens is 4. The van der Waals surface area contributed by atoms with E-state index in [0.29, 0.717) is 5.56 Å². The molecule has 26 heavy (non-hydrogen) atoms. The van der Waals surface area contributed by atoms with Gasteiger partial charge in [0.1, 0.15) is 11.4 Å². The van der Waals surface area contributed by atoms with Crippen LogP contribution >= 0.6 is 11.8 Å². The predicted octanol–water partition coefficient (Wildman–Crippen LogP) is 3.90. The second kappa shape index (κ2) is 7.37. The van der Waals surface area contributed by atoms with Crippen LogP contribution in [0.2, 0.25) is 0 Å². The summed E-state index contributed by atoms with van der Waals surface area (Å²) in [5.41, 5.74) is 3.23. The molecular formula is C19H15N5OS. The van der Waals surface area contributed by atoms with E-state index in [1.54, 1.807) is 30.1 Å². The van der Waals surface area contributed by atoms with Gasteiger partial charge in [-0.3, -0.25) is 9.89 Å². The van der Waals surface area contributed by atoms with Crippen molar-refractivity contribution in [2.24, 2.45) is 0 Å². The van der Waals surface area contributed by atoms with E-state index in [1.807, 2.05) is 42.5 Å². The van der Waals surface area contributed by atoms with Crippen LogP contribution in [0.4, 0.5) is 5.69 Å². The Morgan fingerprint density at radius 2 is 1.96 bits per heavy atom. The van der Waals surface area contributed by atoms with Crippen LogP contribution in [0, 0.1) is 0 Å². The first kappa shape index (κ1) is 16.3. The maximum atomic E-state index is 12.3. The van der Waals surface area contributed by atoms with E-state index in [9.17, 15) is 4.79 Å². The Labute approximate surface area is 154 Å². The molecule has 128 valence electrons. The number of carbonyl (C=O) groups excluding carboxylic acids is 1. The van der Waals surface area contributed by atoms with E-state index in [2.05, 4.69) is 25.5 Å². The molecule has 0 radical (unpaired) electrons. The Morgan fingerprint density at radius 1 is 1.08 bits per heavy atom. The summed E-state index contributed by atoms with van der Waals surface area (Å²) in [4.78, 5) is 20.7. The maximum Gasteiger partial charge on any atom is 0.255 e. The molecule has 0 aliphatic carbocycles. The summed E-state index contributed by atoms with van der Waals surface area (Å²) in [5, 5.41) is 11.6. The van der Waals surface area contributed by atoms with Gasteiger partial charge in [-0.1, -0.05) is 30.3 Å². The molecule has 0 bridgehead atoms. The lowest BCUT2D eigenvalue weighted by Crippen LogP contribution is -2.11. The van der Waals surface area contributed by atoms with Crippen molar-refractivity contribution >= 4 is 34.4 Å². The second-order valence-corrected chi connectivity index (χ2v) is 6.58. The van der Waals surface area contributed by atoms with Gasteiger partial charge in [0.05, 0.1) is 11.6 Å². The van der Waals surface area contributed by atoms with Crippen LogP contribution in [0.3, 0.4) is 0 Å². The molecule has 0 spiro atoms. The van der Waals surface area contributed by atoms with E-state index in [0.717, 1.165) is 33.1 Å². The Balaban J connectivity index is 1.46. The van der Waals surface area contributed by atoms with Gasteiger partial charge in [-0.25, -0.2) is 9.97 Å². The SMILES string of the molecule is O=C(Nc1cccc(CSc2ncnc3[nH]ncc23)c1)c1ccccc1. The number of carbonyl (C=O) groups is 1. The standard InChI is InChI=1S/C19H15N5OS/c25-18(14-6-2-1-3-7-14)23-15-8-4-5-13(9-15)11-26-19-16-10-22-24-17(16)20-12-21-19/h1-10,12H,11H2,(H,23,25)(H,20,21,22,24). The molecule has 4 rings (SSSR count). The summed E-state index contributed by atoms with van der Waals surface area (Å²) in [6.45, 7) is 0. The van der Waals surface area contributed by atoms with Gasteiger partial charge < -0.3 is 5.32 Å². The van der Waals surface area contributed by atoms with Gasteiger partial charge in [-0.05, 0) is 29.8 Å². The van der Waals surface area contributed by atoms with Crippen LogP contribution < -0.4 is 5.32 Å². The molecule has 0 saturated carbocycles. The number of benzene rings is 2. The molecule has 0 unspecified atom stereocenters. The molecule has 2 N–H and O–H groups in total. The van der Waals surface area contributed by atoms with Gasteiger partial charge in [0, 0.05) is 17.0 Å². The topological polar surface area (TPSA) is 83.6 Å². The van der Waals surface area contributed by atoms with E-state index >= 15 is 0 Å². The zero-order valence-electron chi connectivity index (χ0n) is 13.7. The molecule has 0 fully saturated rings. The van der Waals surface area contributed by atoms with Crippen molar-refractivity contribution in [1.82, 2.24) is 20.2 Å². The summed E-state index contributed by atoms with van der Waals surface area (Å²) in [5.74, 6) is 0.609. The van der Waals surface area contributed by atoms with Gasteiger partial charge in [-0.2, -0.15) is 5.10 Å². The van der Waals surface area contributed by atoms with E-state index < -0.39 is 0 Å². The van der Waals surface area contributed by atoms with Crippen LogP contribution in [0.15, 0.2) is 72.1 Å². The molecule has 2 aromatic carbocycles. The Bertz CT molecular complexity index is 1050. The number of amides is 1. The van der Waals surface area contributed by atoms with Crippen LogP contribution in [0.1, 0.15) is 15.9 Å². The molecule has 0 aliphatic rings. The number of nitrogens with one attached hydrogen (secondary N) is 2. The fourth-order valence-electron chi connectivity index (χ4n) is 2.54. The summed E-state index contributed by atoms with van der Waals surface area (Å²) in [6, 6.07) is 17.0. The van der Waals surface area contributed by atoms with Crippen LogP contribution in [0.5, 0.6) is 0 Å². The molecule has 2 aromatic heterocycles. The first-order valence-electron chi connectivity index (χ1n) is 8.02. The van der Waals surface area contributed by atoms with Crippen molar-refractivity contribution < 1.29 is 4.79 Å². The van der Waals surface area contributed by atoms with Crippen molar-refractivity contribution in [1.29, 1.82) is 0 Å². The molecule has 2 heterocycles. The number of nitrogens with zero attached hydrogens (tertiary/aromatic N) is 3. The fraction of sp³-hybridized carbons (Fsp3) is 0.0526. The number of hydrogen-bond donors (Lipinski definition) is 2. The molecule has 1 amide bonds. The van der Waals surface area contributed by atoms with Crippen molar-refractivity contribution in [3.05, 3.63) is 78.2 Å². The molecule has 0 aliphatic heterocycles. The smallest absolute Gasteiger partial charge is 0.255 e. The zero-order chi connectivity index (χ0) is 17.8. The summed E-state index contributed by atoms with van der Waals surface area (Å²) in [6.07, 6.45) is 3.26. The Morgan fingerprint density at radius 3 is 2.85 bits per heavy atom. The average Bonchev–Trinajstić information content (AvgIpc) is 3.17. The second-order valence-electron chi connectivity index (χ2n) is 5.62. The van der Waals surface area contributed by atoms with Crippen molar-refractivity contribution in [3.63, 3.8) is 0 Å². The predicted molar refractivity (Wildman–Crippen MR) is 102 cm³/mol.